The first-order valence-electron chi connectivity index (χ1n) is 10.4. The minimum Gasteiger partial charge on any atom is -0.352 e. The highest BCUT2D eigenvalue weighted by Gasteiger charge is 2.27. The number of halogens is 1. The third-order valence-corrected chi connectivity index (χ3v) is 7.44. The van der Waals surface area contributed by atoms with Gasteiger partial charge in [-0.3, -0.25) is 13.9 Å². The van der Waals surface area contributed by atoms with Crippen LogP contribution in [0.1, 0.15) is 29.6 Å². The summed E-state index contributed by atoms with van der Waals surface area (Å²) in [6.45, 7) is 5.42. The first-order chi connectivity index (χ1) is 15.3. The summed E-state index contributed by atoms with van der Waals surface area (Å²) in [5.74, 6) is -0.257. The molecule has 1 saturated heterocycles. The predicted octanol–water partition coefficient (Wildman–Crippen LogP) is 3.46. The molecule has 9 heteroatoms. The standard InChI is InChI=1S/C23H26ClN3O4S/c1-2-14-27(19-8-4-3-5-9-19)32(30,31)21-17-18(11-12-20(21)24)23(29)25-13-7-16-26-15-6-10-22(26)28/h2-5,8-9,11-12,17H,1,6-7,10,13-16H2,(H,25,29). The maximum absolute atomic E-state index is 13.4. The number of hydrogen-bond acceptors (Lipinski definition) is 4. The fourth-order valence-corrected chi connectivity index (χ4v) is 5.47. The Hall–Kier alpha value is -2.84. The summed E-state index contributed by atoms with van der Waals surface area (Å²) in [6.07, 6.45) is 3.57. The van der Waals surface area contributed by atoms with E-state index in [2.05, 4.69) is 11.9 Å². The van der Waals surface area contributed by atoms with E-state index in [9.17, 15) is 18.0 Å². The number of likely N-dealkylation sites (tertiary alicyclic amines) is 1. The molecule has 1 fully saturated rings. The van der Waals surface area contributed by atoms with Crippen molar-refractivity contribution in [3.05, 3.63) is 71.8 Å². The van der Waals surface area contributed by atoms with Gasteiger partial charge in [0, 0.05) is 31.6 Å². The van der Waals surface area contributed by atoms with Crippen LogP contribution in [0.15, 0.2) is 66.1 Å². The molecule has 2 aromatic rings. The highest BCUT2D eigenvalue weighted by Crippen LogP contribution is 2.29. The summed E-state index contributed by atoms with van der Waals surface area (Å²) in [7, 11) is -4.04. The van der Waals surface area contributed by atoms with Gasteiger partial charge in [-0.1, -0.05) is 35.9 Å². The van der Waals surface area contributed by atoms with E-state index in [0.29, 0.717) is 31.6 Å². The lowest BCUT2D eigenvalue weighted by Crippen LogP contribution is -2.32. The van der Waals surface area contributed by atoms with Gasteiger partial charge in [-0.15, -0.1) is 6.58 Å². The maximum Gasteiger partial charge on any atom is 0.266 e. The predicted molar refractivity (Wildman–Crippen MR) is 125 cm³/mol. The molecule has 0 unspecified atom stereocenters. The van der Waals surface area contributed by atoms with Gasteiger partial charge in [-0.2, -0.15) is 0 Å². The molecule has 2 amide bonds. The van der Waals surface area contributed by atoms with E-state index in [1.165, 1.54) is 28.6 Å². The molecule has 0 aliphatic carbocycles. The molecule has 0 atom stereocenters. The molecule has 7 nitrogen and oxygen atoms in total. The van der Waals surface area contributed by atoms with E-state index < -0.39 is 15.9 Å². The van der Waals surface area contributed by atoms with Crippen molar-refractivity contribution in [2.24, 2.45) is 0 Å². The molecule has 1 aliphatic heterocycles. The van der Waals surface area contributed by atoms with Crippen LogP contribution in [-0.4, -0.2) is 51.3 Å². The number of nitrogens with zero attached hydrogens (tertiary/aromatic N) is 2. The minimum atomic E-state index is -4.04. The average molecular weight is 476 g/mol. The van der Waals surface area contributed by atoms with E-state index >= 15 is 0 Å². The summed E-state index contributed by atoms with van der Waals surface area (Å²) in [6, 6.07) is 12.8. The Kier molecular flexibility index (Phi) is 7.93. The van der Waals surface area contributed by atoms with Gasteiger partial charge < -0.3 is 10.2 Å². The van der Waals surface area contributed by atoms with Crippen molar-refractivity contribution in [2.45, 2.75) is 24.2 Å². The Labute approximate surface area is 193 Å². The van der Waals surface area contributed by atoms with E-state index in [1.807, 2.05) is 0 Å². The normalized spacial score (nSPS) is 13.8. The Morgan fingerprint density at radius 2 is 1.97 bits per heavy atom. The summed E-state index contributed by atoms with van der Waals surface area (Å²) in [4.78, 5) is 25.9. The van der Waals surface area contributed by atoms with Crippen LogP contribution in [0.5, 0.6) is 0 Å². The second-order valence-electron chi connectivity index (χ2n) is 7.40. The van der Waals surface area contributed by atoms with Crippen molar-refractivity contribution >= 4 is 39.1 Å². The third kappa shape index (κ3) is 5.49. The molecule has 1 aliphatic rings. The number of nitrogens with one attached hydrogen (secondary N) is 1. The zero-order valence-electron chi connectivity index (χ0n) is 17.7. The van der Waals surface area contributed by atoms with Crippen LogP contribution in [0.3, 0.4) is 0 Å². The van der Waals surface area contributed by atoms with Crippen LogP contribution in [0.4, 0.5) is 5.69 Å². The highest BCUT2D eigenvalue weighted by molar-refractivity contribution is 7.93. The van der Waals surface area contributed by atoms with Crippen LogP contribution in [0.25, 0.3) is 0 Å². The van der Waals surface area contributed by atoms with Gasteiger partial charge >= 0.3 is 0 Å². The lowest BCUT2D eigenvalue weighted by molar-refractivity contribution is -0.127. The number of amides is 2. The molecule has 0 aromatic heterocycles. The molecule has 2 aromatic carbocycles. The van der Waals surface area contributed by atoms with Gasteiger partial charge in [0.25, 0.3) is 15.9 Å². The minimum absolute atomic E-state index is 0.0269. The molecule has 1 N–H and O–H groups in total. The van der Waals surface area contributed by atoms with Crippen molar-refractivity contribution in [1.82, 2.24) is 10.2 Å². The van der Waals surface area contributed by atoms with E-state index in [-0.39, 0.29) is 27.9 Å². The lowest BCUT2D eigenvalue weighted by atomic mass is 10.2. The van der Waals surface area contributed by atoms with Crippen LogP contribution in [0, 0.1) is 0 Å². The van der Waals surface area contributed by atoms with Gasteiger partial charge in [0.1, 0.15) is 4.90 Å². The maximum atomic E-state index is 13.4. The number of anilines is 1. The first kappa shape index (κ1) is 23.8. The summed E-state index contributed by atoms with van der Waals surface area (Å²) < 4.78 is 28.0. The quantitative estimate of drug-likeness (QED) is 0.421. The number of para-hydroxylation sites is 1. The molecule has 0 spiro atoms. The second-order valence-corrected chi connectivity index (χ2v) is 9.64. The van der Waals surface area contributed by atoms with Gasteiger partial charge in [0.15, 0.2) is 0 Å². The Morgan fingerprint density at radius 3 is 2.62 bits per heavy atom. The topological polar surface area (TPSA) is 86.8 Å². The van der Waals surface area contributed by atoms with E-state index in [4.69, 9.17) is 11.6 Å². The van der Waals surface area contributed by atoms with Crippen LogP contribution in [0.2, 0.25) is 5.02 Å². The largest absolute Gasteiger partial charge is 0.352 e. The fraction of sp³-hybridized carbons (Fsp3) is 0.304. The monoisotopic (exact) mass is 475 g/mol. The van der Waals surface area contributed by atoms with E-state index in [0.717, 1.165) is 13.0 Å². The Morgan fingerprint density at radius 1 is 1.22 bits per heavy atom. The number of benzene rings is 2. The molecule has 32 heavy (non-hydrogen) atoms. The lowest BCUT2D eigenvalue weighted by Gasteiger charge is -2.24. The second kappa shape index (κ2) is 10.7. The van der Waals surface area contributed by atoms with Crippen LogP contribution < -0.4 is 9.62 Å². The summed E-state index contributed by atoms with van der Waals surface area (Å²) >= 11 is 6.23. The van der Waals surface area contributed by atoms with Gasteiger partial charge in [0.05, 0.1) is 17.3 Å². The molecule has 170 valence electrons. The van der Waals surface area contributed by atoms with Crippen molar-refractivity contribution in [3.63, 3.8) is 0 Å². The first-order valence-corrected chi connectivity index (χ1v) is 12.2. The Balaban J connectivity index is 1.74. The van der Waals surface area contributed by atoms with Crippen molar-refractivity contribution in [1.29, 1.82) is 0 Å². The van der Waals surface area contributed by atoms with Crippen LogP contribution in [-0.2, 0) is 14.8 Å². The molecule has 0 radical (unpaired) electrons. The van der Waals surface area contributed by atoms with Crippen LogP contribution >= 0.6 is 11.6 Å². The van der Waals surface area contributed by atoms with Gasteiger partial charge in [0.2, 0.25) is 5.91 Å². The fourth-order valence-electron chi connectivity index (χ4n) is 3.53. The zero-order chi connectivity index (χ0) is 23.1. The van der Waals surface area contributed by atoms with Crippen molar-refractivity contribution in [3.8, 4) is 0 Å². The smallest absolute Gasteiger partial charge is 0.266 e. The summed E-state index contributed by atoms with van der Waals surface area (Å²) in [5.41, 5.74) is 0.659. The zero-order valence-corrected chi connectivity index (χ0v) is 19.2. The molecule has 0 bridgehead atoms. The van der Waals surface area contributed by atoms with Gasteiger partial charge in [-0.25, -0.2) is 8.42 Å². The number of carbonyl (C=O) groups excluding carboxylic acids is 2. The molecule has 3 rings (SSSR count). The van der Waals surface area contributed by atoms with Crippen molar-refractivity contribution < 1.29 is 18.0 Å². The van der Waals surface area contributed by atoms with E-state index in [1.54, 1.807) is 35.2 Å². The number of sulfonamides is 1. The number of carbonyl (C=O) groups is 2. The molecule has 0 saturated carbocycles. The highest BCUT2D eigenvalue weighted by atomic mass is 35.5. The third-order valence-electron chi connectivity index (χ3n) is 5.16. The number of rotatable bonds is 10. The molecular weight excluding hydrogens is 450 g/mol. The SMILES string of the molecule is C=CCN(c1ccccc1)S(=O)(=O)c1cc(C(=O)NCCCN2CCCC2=O)ccc1Cl. The molecular formula is C23H26ClN3O4S. The molecule has 1 heterocycles. The number of hydrogen-bond donors (Lipinski definition) is 1. The Bertz CT molecular complexity index is 1090. The summed E-state index contributed by atoms with van der Waals surface area (Å²) in [5, 5.41) is 2.80. The van der Waals surface area contributed by atoms with Crippen molar-refractivity contribution in [2.75, 3.05) is 30.5 Å². The average Bonchev–Trinajstić information content (AvgIpc) is 3.20. The van der Waals surface area contributed by atoms with Gasteiger partial charge in [-0.05, 0) is 43.2 Å².